The Morgan fingerprint density at radius 1 is 1.31 bits per heavy atom. The summed E-state index contributed by atoms with van der Waals surface area (Å²) in [4.78, 5) is 15.1. The lowest BCUT2D eigenvalue weighted by Gasteiger charge is -2.23. The average molecular weight is 230 g/mol. The molecule has 3 nitrogen and oxygen atoms in total. The van der Waals surface area contributed by atoms with E-state index in [-0.39, 0.29) is 0 Å². The van der Waals surface area contributed by atoms with Gasteiger partial charge in [-0.05, 0) is 32.6 Å². The molecular weight excluding hydrogens is 204 g/mol. The van der Waals surface area contributed by atoms with Crippen molar-refractivity contribution in [3.63, 3.8) is 0 Å². The highest BCUT2D eigenvalue weighted by molar-refractivity contribution is 5.75. The first-order chi connectivity index (χ1) is 7.47. The van der Waals surface area contributed by atoms with E-state index in [1.54, 1.807) is 0 Å². The van der Waals surface area contributed by atoms with E-state index in [4.69, 9.17) is 5.26 Å². The molecule has 16 heavy (non-hydrogen) atoms. The van der Waals surface area contributed by atoms with Gasteiger partial charge in [-0.1, -0.05) is 39.5 Å². The van der Waals surface area contributed by atoms with Crippen molar-refractivity contribution in [3.8, 4) is 0 Å². The Morgan fingerprint density at radius 3 is 2.38 bits per heavy atom. The van der Waals surface area contributed by atoms with Gasteiger partial charge in [-0.25, -0.2) is 4.79 Å². The first-order valence-corrected chi connectivity index (χ1v) is 6.33. The molecule has 1 atom stereocenters. The normalized spacial score (nSPS) is 13.6. The summed E-state index contributed by atoms with van der Waals surface area (Å²) >= 11 is 0. The van der Waals surface area contributed by atoms with E-state index in [9.17, 15) is 4.79 Å². The maximum atomic E-state index is 11.3. The van der Waals surface area contributed by atoms with Crippen LogP contribution in [0.4, 0.5) is 0 Å². The Kier molecular flexibility index (Phi) is 7.39. The van der Waals surface area contributed by atoms with E-state index < -0.39 is 11.4 Å². The maximum Gasteiger partial charge on any atom is 0.347 e. The Balaban J connectivity index is 4.04. The van der Waals surface area contributed by atoms with Crippen LogP contribution in [-0.4, -0.2) is 11.2 Å². The van der Waals surface area contributed by atoms with Crippen molar-refractivity contribution in [3.05, 3.63) is 0 Å². The number of carbonyl (C=O) groups is 1. The van der Waals surface area contributed by atoms with Gasteiger partial charge in [0.05, 0.1) is 5.41 Å². The zero-order valence-electron chi connectivity index (χ0n) is 11.1. The number of carbonyl (C=O) groups excluding carboxylic acids is 1. The molecule has 0 bridgehead atoms. The molecule has 96 valence electrons. The molecule has 0 aliphatic heterocycles. The molecule has 0 saturated heterocycles. The van der Waals surface area contributed by atoms with Gasteiger partial charge in [0.15, 0.2) is 0 Å². The monoisotopic (exact) mass is 230 g/mol. The number of hydrogen-bond donors (Lipinski definition) is 1. The molecule has 0 fully saturated rings. The highest BCUT2D eigenvalue weighted by Crippen LogP contribution is 2.29. The van der Waals surface area contributed by atoms with Crippen LogP contribution in [0.25, 0.3) is 0 Å². The van der Waals surface area contributed by atoms with Gasteiger partial charge < -0.3 is 4.89 Å². The minimum atomic E-state index is -0.575. The summed E-state index contributed by atoms with van der Waals surface area (Å²) < 4.78 is 0. The maximum absolute atomic E-state index is 11.3. The number of rotatable bonds is 8. The van der Waals surface area contributed by atoms with Crippen molar-refractivity contribution in [1.29, 1.82) is 0 Å². The summed E-state index contributed by atoms with van der Waals surface area (Å²) in [5.74, 6) is 0.156. The molecule has 3 heteroatoms. The molecule has 0 rings (SSSR count). The standard InChI is InChI=1S/C13H26O3/c1-5-7-8-11(6-2)9-10-13(3,4)12(14)16-15/h11,15H,5-10H2,1-4H3. The van der Waals surface area contributed by atoms with E-state index in [2.05, 4.69) is 18.7 Å². The zero-order chi connectivity index (χ0) is 12.6. The van der Waals surface area contributed by atoms with Crippen LogP contribution in [0.15, 0.2) is 0 Å². The predicted molar refractivity (Wildman–Crippen MR) is 65.0 cm³/mol. The smallest absolute Gasteiger partial charge is 0.300 e. The third-order valence-corrected chi connectivity index (χ3v) is 3.36. The SMILES string of the molecule is CCCCC(CC)CCC(C)(C)C(=O)OO. The second-order valence-electron chi connectivity index (χ2n) is 5.22. The number of hydrogen-bond acceptors (Lipinski definition) is 3. The fraction of sp³-hybridized carbons (Fsp3) is 0.923. The fourth-order valence-corrected chi connectivity index (χ4v) is 1.84. The Labute approximate surface area is 99.1 Å². The fourth-order valence-electron chi connectivity index (χ4n) is 1.84. The van der Waals surface area contributed by atoms with Crippen LogP contribution in [0.1, 0.15) is 66.2 Å². The second kappa shape index (κ2) is 7.66. The second-order valence-corrected chi connectivity index (χ2v) is 5.22. The molecule has 0 aromatic carbocycles. The largest absolute Gasteiger partial charge is 0.347 e. The van der Waals surface area contributed by atoms with Crippen LogP contribution in [0, 0.1) is 11.3 Å². The van der Waals surface area contributed by atoms with Gasteiger partial charge in [0.2, 0.25) is 0 Å². The zero-order valence-corrected chi connectivity index (χ0v) is 11.1. The van der Waals surface area contributed by atoms with Crippen molar-refractivity contribution < 1.29 is 14.9 Å². The third kappa shape index (κ3) is 5.50. The van der Waals surface area contributed by atoms with Gasteiger partial charge in [0.25, 0.3) is 0 Å². The summed E-state index contributed by atoms with van der Waals surface area (Å²) in [6, 6.07) is 0. The lowest BCUT2D eigenvalue weighted by atomic mass is 9.83. The van der Waals surface area contributed by atoms with E-state index >= 15 is 0 Å². The van der Waals surface area contributed by atoms with Gasteiger partial charge in [0, 0.05) is 0 Å². The highest BCUT2D eigenvalue weighted by Gasteiger charge is 2.30. The molecule has 0 spiro atoms. The van der Waals surface area contributed by atoms with Gasteiger partial charge in [0.1, 0.15) is 0 Å². The molecule has 0 radical (unpaired) electrons. The van der Waals surface area contributed by atoms with Crippen LogP contribution in [0.2, 0.25) is 0 Å². The number of unbranched alkanes of at least 4 members (excludes halogenated alkanes) is 1. The molecule has 0 saturated carbocycles. The molecule has 0 heterocycles. The van der Waals surface area contributed by atoms with Crippen molar-refractivity contribution in [2.24, 2.45) is 11.3 Å². The van der Waals surface area contributed by atoms with E-state index in [1.165, 1.54) is 19.3 Å². The molecule has 0 aliphatic rings. The summed E-state index contributed by atoms with van der Waals surface area (Å²) in [5, 5.41) is 8.38. The minimum Gasteiger partial charge on any atom is -0.300 e. The Morgan fingerprint density at radius 2 is 1.94 bits per heavy atom. The van der Waals surface area contributed by atoms with E-state index in [0.717, 1.165) is 19.3 Å². The van der Waals surface area contributed by atoms with Gasteiger partial charge in [-0.15, -0.1) is 0 Å². The van der Waals surface area contributed by atoms with Crippen LogP contribution in [-0.2, 0) is 9.68 Å². The van der Waals surface area contributed by atoms with Crippen molar-refractivity contribution in [2.45, 2.75) is 66.2 Å². The third-order valence-electron chi connectivity index (χ3n) is 3.36. The summed E-state index contributed by atoms with van der Waals surface area (Å²) in [5.41, 5.74) is -0.575. The van der Waals surface area contributed by atoms with Gasteiger partial charge >= 0.3 is 5.97 Å². The topological polar surface area (TPSA) is 46.5 Å². The molecule has 1 unspecified atom stereocenters. The summed E-state index contributed by atoms with van der Waals surface area (Å²) in [6.07, 6.45) is 6.66. The molecule has 1 N–H and O–H groups in total. The predicted octanol–water partition coefficient (Wildman–Crippen LogP) is 4.03. The van der Waals surface area contributed by atoms with Gasteiger partial charge in [-0.2, -0.15) is 5.26 Å². The van der Waals surface area contributed by atoms with Crippen molar-refractivity contribution >= 4 is 5.97 Å². The van der Waals surface area contributed by atoms with E-state index in [0.29, 0.717) is 5.92 Å². The highest BCUT2D eigenvalue weighted by atomic mass is 17.1. The van der Waals surface area contributed by atoms with E-state index in [1.807, 2.05) is 13.8 Å². The van der Waals surface area contributed by atoms with Crippen LogP contribution in [0.3, 0.4) is 0 Å². The lowest BCUT2D eigenvalue weighted by Crippen LogP contribution is -2.26. The van der Waals surface area contributed by atoms with Crippen LogP contribution >= 0.6 is 0 Å². The molecular formula is C13H26O3. The Bertz CT molecular complexity index is 199. The lowest BCUT2D eigenvalue weighted by molar-refractivity contribution is -0.244. The Hall–Kier alpha value is -0.570. The summed E-state index contributed by atoms with van der Waals surface area (Å²) in [6.45, 7) is 8.02. The first-order valence-electron chi connectivity index (χ1n) is 6.33. The van der Waals surface area contributed by atoms with Gasteiger partial charge in [-0.3, -0.25) is 0 Å². The van der Waals surface area contributed by atoms with Crippen LogP contribution < -0.4 is 0 Å². The quantitative estimate of drug-likeness (QED) is 0.506. The molecule has 0 aromatic heterocycles. The molecule has 0 amide bonds. The van der Waals surface area contributed by atoms with Crippen LogP contribution in [0.5, 0.6) is 0 Å². The minimum absolute atomic E-state index is 0.530. The van der Waals surface area contributed by atoms with Crippen molar-refractivity contribution in [2.75, 3.05) is 0 Å². The average Bonchev–Trinajstić information content (AvgIpc) is 2.28. The summed E-state index contributed by atoms with van der Waals surface area (Å²) in [7, 11) is 0. The molecule has 0 aliphatic carbocycles. The van der Waals surface area contributed by atoms with Crippen molar-refractivity contribution in [1.82, 2.24) is 0 Å². The molecule has 0 aromatic rings. The first kappa shape index (κ1) is 15.4.